The second-order valence-electron chi connectivity index (χ2n) is 5.78. The lowest BCUT2D eigenvalue weighted by atomic mass is 10.0. The highest BCUT2D eigenvalue weighted by Gasteiger charge is 2.38. The summed E-state index contributed by atoms with van der Waals surface area (Å²) in [5, 5.41) is 10.5. The fraction of sp³-hybridized carbons (Fsp3) is 0.353. The van der Waals surface area contributed by atoms with Gasteiger partial charge in [-0.1, -0.05) is 12.1 Å². The van der Waals surface area contributed by atoms with Crippen molar-refractivity contribution in [3.8, 4) is 0 Å². The zero-order chi connectivity index (χ0) is 20.0. The van der Waals surface area contributed by atoms with Gasteiger partial charge in [-0.25, -0.2) is 9.18 Å². The van der Waals surface area contributed by atoms with E-state index in [1.165, 1.54) is 12.1 Å². The second-order valence-corrected chi connectivity index (χ2v) is 6.69. The van der Waals surface area contributed by atoms with Gasteiger partial charge in [0.1, 0.15) is 17.8 Å². The minimum Gasteiger partial charge on any atom is -0.475 e. The van der Waals surface area contributed by atoms with E-state index in [-0.39, 0.29) is 11.9 Å². The standard InChI is InChI=1S/C15H16BrFN2O.C2HF3O2/c16-12-7-14(20-10-12)9-19-6-5-18-8-15(19)11-1-3-13(17)4-2-11;3-2(4,5)1(6)7/h1-4,7,10,15,18H,5-6,8-9H2;(H,6,7)/t15-;/m1./s1. The maximum Gasteiger partial charge on any atom is 0.490 e. The highest BCUT2D eigenvalue weighted by molar-refractivity contribution is 9.10. The molecule has 2 aromatic rings. The summed E-state index contributed by atoms with van der Waals surface area (Å²) in [4.78, 5) is 11.3. The largest absolute Gasteiger partial charge is 0.490 e. The summed E-state index contributed by atoms with van der Waals surface area (Å²) >= 11 is 3.40. The summed E-state index contributed by atoms with van der Waals surface area (Å²) in [6.07, 6.45) is -3.38. The third-order valence-corrected chi connectivity index (χ3v) is 4.25. The zero-order valence-corrected chi connectivity index (χ0v) is 15.6. The topological polar surface area (TPSA) is 65.7 Å². The van der Waals surface area contributed by atoms with Crippen molar-refractivity contribution in [3.63, 3.8) is 0 Å². The van der Waals surface area contributed by atoms with Gasteiger partial charge >= 0.3 is 12.1 Å². The predicted octanol–water partition coefficient (Wildman–Crippen LogP) is 3.96. The van der Waals surface area contributed by atoms with E-state index in [0.717, 1.165) is 42.0 Å². The Morgan fingerprint density at radius 1 is 1.33 bits per heavy atom. The SMILES string of the molecule is Fc1ccc([C@H]2CNCCN2Cc2cc(Br)co2)cc1.O=C(O)C(F)(F)F. The Morgan fingerprint density at radius 3 is 2.48 bits per heavy atom. The summed E-state index contributed by atoms with van der Waals surface area (Å²) in [6, 6.07) is 8.99. The van der Waals surface area contributed by atoms with E-state index < -0.39 is 12.1 Å². The highest BCUT2D eigenvalue weighted by Crippen LogP contribution is 2.25. The van der Waals surface area contributed by atoms with E-state index in [4.69, 9.17) is 14.3 Å². The molecule has 0 unspecified atom stereocenters. The summed E-state index contributed by atoms with van der Waals surface area (Å²) in [5.41, 5.74) is 1.13. The van der Waals surface area contributed by atoms with Crippen LogP contribution in [0.5, 0.6) is 0 Å². The Hall–Kier alpha value is -1.91. The fourth-order valence-corrected chi connectivity index (χ4v) is 2.93. The third-order valence-electron chi connectivity index (χ3n) is 3.83. The number of piperazine rings is 1. The summed E-state index contributed by atoms with van der Waals surface area (Å²) in [5.74, 6) is -2.02. The Kier molecular flexibility index (Phi) is 7.40. The molecule has 2 N–H and O–H groups in total. The van der Waals surface area contributed by atoms with E-state index in [9.17, 15) is 17.6 Å². The Balaban J connectivity index is 0.000000321. The number of hydrogen-bond acceptors (Lipinski definition) is 4. The van der Waals surface area contributed by atoms with Gasteiger partial charge < -0.3 is 14.8 Å². The number of benzene rings is 1. The van der Waals surface area contributed by atoms with Crippen LogP contribution in [-0.4, -0.2) is 41.8 Å². The number of furan rings is 1. The number of carboxylic acids is 1. The van der Waals surface area contributed by atoms with Crippen LogP contribution in [0.15, 0.2) is 45.5 Å². The van der Waals surface area contributed by atoms with Gasteiger partial charge in [0.25, 0.3) is 0 Å². The first-order valence-corrected chi connectivity index (χ1v) is 8.69. The van der Waals surface area contributed by atoms with E-state index in [2.05, 4.69) is 26.1 Å². The molecule has 2 heterocycles. The van der Waals surface area contributed by atoms with Crippen LogP contribution in [0.25, 0.3) is 0 Å². The number of hydrogen-bond donors (Lipinski definition) is 2. The summed E-state index contributed by atoms with van der Waals surface area (Å²) in [6.45, 7) is 3.53. The third kappa shape index (κ3) is 6.64. The molecule has 0 amide bonds. The molecule has 27 heavy (non-hydrogen) atoms. The van der Waals surface area contributed by atoms with Crippen molar-refractivity contribution in [2.45, 2.75) is 18.8 Å². The number of carboxylic acid groups (broad SMARTS) is 1. The van der Waals surface area contributed by atoms with Gasteiger partial charge in [-0.3, -0.25) is 4.90 Å². The average molecular weight is 453 g/mol. The minimum absolute atomic E-state index is 0.195. The van der Waals surface area contributed by atoms with Crippen molar-refractivity contribution in [2.24, 2.45) is 0 Å². The molecule has 3 rings (SSSR count). The number of nitrogens with one attached hydrogen (secondary N) is 1. The molecule has 1 fully saturated rings. The quantitative estimate of drug-likeness (QED) is 0.690. The van der Waals surface area contributed by atoms with Crippen LogP contribution in [0.4, 0.5) is 17.6 Å². The number of halogens is 5. The lowest BCUT2D eigenvalue weighted by molar-refractivity contribution is -0.192. The van der Waals surface area contributed by atoms with Crippen LogP contribution in [0.3, 0.4) is 0 Å². The fourth-order valence-electron chi connectivity index (χ4n) is 2.59. The molecule has 0 bridgehead atoms. The summed E-state index contributed by atoms with van der Waals surface area (Å²) < 4.78 is 51.2. The Bertz CT molecular complexity index is 749. The van der Waals surface area contributed by atoms with E-state index >= 15 is 0 Å². The van der Waals surface area contributed by atoms with Crippen LogP contribution in [0, 0.1) is 5.82 Å². The van der Waals surface area contributed by atoms with Crippen molar-refractivity contribution in [1.82, 2.24) is 10.2 Å². The molecular weight excluding hydrogens is 436 g/mol. The van der Waals surface area contributed by atoms with Gasteiger partial charge in [-0.2, -0.15) is 13.2 Å². The molecule has 148 valence electrons. The normalized spacial score (nSPS) is 17.9. The molecular formula is C17H17BrF4N2O3. The average Bonchev–Trinajstić information content (AvgIpc) is 3.01. The van der Waals surface area contributed by atoms with E-state index in [1.807, 2.05) is 18.2 Å². The van der Waals surface area contributed by atoms with E-state index in [0.29, 0.717) is 0 Å². The molecule has 1 aromatic carbocycles. The van der Waals surface area contributed by atoms with Gasteiger partial charge in [0.15, 0.2) is 0 Å². The lowest BCUT2D eigenvalue weighted by Crippen LogP contribution is -2.45. The van der Waals surface area contributed by atoms with E-state index in [1.54, 1.807) is 6.26 Å². The van der Waals surface area contributed by atoms with Crippen LogP contribution in [0.2, 0.25) is 0 Å². The first-order chi connectivity index (χ1) is 12.7. The molecule has 5 nitrogen and oxygen atoms in total. The zero-order valence-electron chi connectivity index (χ0n) is 14.0. The second kappa shape index (κ2) is 9.34. The van der Waals surface area contributed by atoms with Gasteiger partial charge in [-0.05, 0) is 39.7 Å². The molecule has 0 spiro atoms. The Labute approximate surface area is 161 Å². The first-order valence-electron chi connectivity index (χ1n) is 7.90. The van der Waals surface area contributed by atoms with Crippen LogP contribution < -0.4 is 5.32 Å². The number of rotatable bonds is 3. The molecule has 1 saturated heterocycles. The maximum absolute atomic E-state index is 13.1. The molecule has 1 atom stereocenters. The van der Waals surface area contributed by atoms with Crippen LogP contribution in [-0.2, 0) is 11.3 Å². The van der Waals surface area contributed by atoms with Crippen molar-refractivity contribution in [2.75, 3.05) is 19.6 Å². The first kappa shape index (κ1) is 21.4. The molecule has 0 saturated carbocycles. The van der Waals surface area contributed by atoms with Crippen molar-refractivity contribution < 1.29 is 31.9 Å². The van der Waals surface area contributed by atoms with Gasteiger partial charge in [-0.15, -0.1) is 0 Å². The molecule has 1 aromatic heterocycles. The maximum atomic E-state index is 13.1. The van der Waals surface area contributed by atoms with Crippen LogP contribution in [0.1, 0.15) is 17.4 Å². The van der Waals surface area contributed by atoms with Gasteiger partial charge in [0, 0.05) is 25.7 Å². The van der Waals surface area contributed by atoms with Gasteiger partial charge in [0.05, 0.1) is 11.0 Å². The van der Waals surface area contributed by atoms with Crippen molar-refractivity contribution in [1.29, 1.82) is 0 Å². The molecule has 0 radical (unpaired) electrons. The summed E-state index contributed by atoms with van der Waals surface area (Å²) in [7, 11) is 0. The monoisotopic (exact) mass is 452 g/mol. The van der Waals surface area contributed by atoms with Crippen LogP contribution >= 0.6 is 15.9 Å². The molecule has 10 heteroatoms. The van der Waals surface area contributed by atoms with Crippen molar-refractivity contribution in [3.05, 3.63) is 58.2 Å². The molecule has 1 aliphatic heterocycles. The number of aliphatic carboxylic acids is 1. The minimum atomic E-state index is -5.08. The number of nitrogens with zero attached hydrogens (tertiary/aromatic N) is 1. The lowest BCUT2D eigenvalue weighted by Gasteiger charge is -2.36. The number of alkyl halides is 3. The molecule has 1 aliphatic rings. The smallest absolute Gasteiger partial charge is 0.475 e. The molecule has 0 aliphatic carbocycles. The predicted molar refractivity (Wildman–Crippen MR) is 92.5 cm³/mol. The van der Waals surface area contributed by atoms with Crippen molar-refractivity contribution >= 4 is 21.9 Å². The number of carbonyl (C=O) groups is 1. The van der Waals surface area contributed by atoms with Gasteiger partial charge in [0.2, 0.25) is 0 Å². The Morgan fingerprint density at radius 2 is 1.96 bits per heavy atom. The highest BCUT2D eigenvalue weighted by atomic mass is 79.9.